The average molecular weight is 334 g/mol. The van der Waals surface area contributed by atoms with Crippen molar-refractivity contribution in [3.8, 4) is 5.75 Å². The molecule has 1 aromatic carbocycles. The third-order valence-corrected chi connectivity index (χ3v) is 4.23. The molecule has 2 rings (SSSR count). The Morgan fingerprint density at radius 3 is 2.76 bits per heavy atom. The largest absolute Gasteiger partial charge is 0.491 e. The van der Waals surface area contributed by atoms with Crippen molar-refractivity contribution in [2.45, 2.75) is 18.9 Å². The molecule has 1 atom stereocenters. The smallest absolute Gasteiger partial charge is 0.121 e. The molecule has 4 nitrogen and oxygen atoms in total. The molecule has 1 aliphatic rings. The van der Waals surface area contributed by atoms with Crippen LogP contribution in [0.5, 0.6) is 5.75 Å². The maximum Gasteiger partial charge on any atom is 0.121 e. The molecule has 1 aromatic rings. The summed E-state index contributed by atoms with van der Waals surface area (Å²) >= 11 is 11.7. The molecular formula is C15H21Cl2NO3. The molecule has 0 radical (unpaired) electrons. The van der Waals surface area contributed by atoms with Crippen LogP contribution >= 0.6 is 23.2 Å². The molecule has 1 aliphatic heterocycles. The van der Waals surface area contributed by atoms with Crippen LogP contribution in [-0.2, 0) is 4.74 Å². The van der Waals surface area contributed by atoms with E-state index in [1.54, 1.807) is 18.2 Å². The Kier molecular flexibility index (Phi) is 7.07. The average Bonchev–Trinajstić information content (AvgIpc) is 2.49. The monoisotopic (exact) mass is 333 g/mol. The van der Waals surface area contributed by atoms with E-state index in [4.69, 9.17) is 32.7 Å². The van der Waals surface area contributed by atoms with Crippen molar-refractivity contribution in [2.75, 3.05) is 32.9 Å². The van der Waals surface area contributed by atoms with Crippen molar-refractivity contribution >= 4 is 23.2 Å². The Morgan fingerprint density at radius 2 is 2.05 bits per heavy atom. The first-order chi connectivity index (χ1) is 10.1. The minimum Gasteiger partial charge on any atom is -0.491 e. The molecule has 0 spiro atoms. The van der Waals surface area contributed by atoms with E-state index in [0.29, 0.717) is 28.3 Å². The summed E-state index contributed by atoms with van der Waals surface area (Å²) < 4.78 is 10.8. The highest BCUT2D eigenvalue weighted by molar-refractivity contribution is 6.42. The lowest BCUT2D eigenvalue weighted by Crippen LogP contribution is -2.35. The van der Waals surface area contributed by atoms with Gasteiger partial charge in [-0.05, 0) is 37.4 Å². The summed E-state index contributed by atoms with van der Waals surface area (Å²) in [6, 6.07) is 5.05. The molecule has 1 unspecified atom stereocenters. The molecule has 1 heterocycles. The second kappa shape index (κ2) is 8.81. The van der Waals surface area contributed by atoms with Crippen molar-refractivity contribution in [3.63, 3.8) is 0 Å². The van der Waals surface area contributed by atoms with Gasteiger partial charge in [-0.2, -0.15) is 0 Å². The van der Waals surface area contributed by atoms with E-state index in [1.165, 1.54) is 0 Å². The molecule has 0 amide bonds. The maximum atomic E-state index is 9.89. The third-order valence-electron chi connectivity index (χ3n) is 3.49. The molecule has 0 aromatic heterocycles. The highest BCUT2D eigenvalue weighted by Crippen LogP contribution is 2.26. The molecule has 0 bridgehead atoms. The molecule has 0 saturated carbocycles. The van der Waals surface area contributed by atoms with Gasteiger partial charge in [-0.1, -0.05) is 23.2 Å². The quantitative estimate of drug-likeness (QED) is 0.805. The van der Waals surface area contributed by atoms with Crippen LogP contribution in [0.3, 0.4) is 0 Å². The summed E-state index contributed by atoms with van der Waals surface area (Å²) in [6.07, 6.45) is 1.62. The lowest BCUT2D eigenvalue weighted by molar-refractivity contribution is 0.0630. The van der Waals surface area contributed by atoms with Crippen molar-refractivity contribution in [2.24, 2.45) is 5.92 Å². The van der Waals surface area contributed by atoms with Gasteiger partial charge in [0, 0.05) is 25.8 Å². The number of hydrogen-bond acceptors (Lipinski definition) is 4. The summed E-state index contributed by atoms with van der Waals surface area (Å²) in [4.78, 5) is 0. The Balaban J connectivity index is 1.62. The molecule has 1 fully saturated rings. The minimum absolute atomic E-state index is 0.221. The van der Waals surface area contributed by atoms with Crippen molar-refractivity contribution in [3.05, 3.63) is 28.2 Å². The zero-order valence-electron chi connectivity index (χ0n) is 11.9. The number of nitrogens with one attached hydrogen (secondary N) is 1. The first-order valence-electron chi connectivity index (χ1n) is 7.19. The summed E-state index contributed by atoms with van der Waals surface area (Å²) in [5.41, 5.74) is 0. The lowest BCUT2D eigenvalue weighted by atomic mass is 10.0. The van der Waals surface area contributed by atoms with Gasteiger partial charge in [0.25, 0.3) is 0 Å². The van der Waals surface area contributed by atoms with Crippen LogP contribution in [0.15, 0.2) is 18.2 Å². The molecule has 1 saturated heterocycles. The van der Waals surface area contributed by atoms with Crippen LogP contribution in [0.25, 0.3) is 0 Å². The fraction of sp³-hybridized carbons (Fsp3) is 0.600. The Hall–Kier alpha value is -0.520. The Bertz CT molecular complexity index is 439. The van der Waals surface area contributed by atoms with Gasteiger partial charge >= 0.3 is 0 Å². The number of halogens is 2. The summed E-state index contributed by atoms with van der Waals surface area (Å²) in [5.74, 6) is 1.25. The summed E-state index contributed by atoms with van der Waals surface area (Å²) in [6.45, 7) is 3.33. The van der Waals surface area contributed by atoms with Crippen LogP contribution in [0.2, 0.25) is 10.0 Å². The van der Waals surface area contributed by atoms with Crippen LogP contribution in [0.4, 0.5) is 0 Å². The first kappa shape index (κ1) is 16.8. The highest BCUT2D eigenvalue weighted by Gasteiger charge is 2.14. The number of rotatable bonds is 7. The van der Waals surface area contributed by atoms with Crippen molar-refractivity contribution in [1.82, 2.24) is 5.32 Å². The van der Waals surface area contributed by atoms with E-state index in [-0.39, 0.29) is 6.61 Å². The van der Waals surface area contributed by atoms with Gasteiger partial charge in [-0.15, -0.1) is 0 Å². The minimum atomic E-state index is -0.556. The molecular weight excluding hydrogens is 313 g/mol. The van der Waals surface area contributed by atoms with Gasteiger partial charge in [-0.3, -0.25) is 0 Å². The number of ether oxygens (including phenoxy) is 2. The SMILES string of the molecule is OC(CNCC1CCOCC1)COc1ccc(Cl)c(Cl)c1. The number of aliphatic hydroxyl groups excluding tert-OH is 1. The molecule has 6 heteroatoms. The zero-order valence-corrected chi connectivity index (χ0v) is 13.4. The van der Waals surface area contributed by atoms with E-state index in [2.05, 4.69) is 5.32 Å². The predicted molar refractivity (Wildman–Crippen MR) is 84.4 cm³/mol. The van der Waals surface area contributed by atoms with Gasteiger partial charge < -0.3 is 19.9 Å². The third kappa shape index (κ3) is 6.01. The van der Waals surface area contributed by atoms with Gasteiger partial charge in [0.1, 0.15) is 18.5 Å². The maximum absolute atomic E-state index is 9.89. The van der Waals surface area contributed by atoms with Crippen molar-refractivity contribution < 1.29 is 14.6 Å². The molecule has 21 heavy (non-hydrogen) atoms. The number of benzene rings is 1. The molecule has 0 aliphatic carbocycles. The van der Waals surface area contributed by atoms with Crippen LogP contribution in [-0.4, -0.2) is 44.1 Å². The van der Waals surface area contributed by atoms with E-state index >= 15 is 0 Å². The van der Waals surface area contributed by atoms with Gasteiger partial charge in [0.2, 0.25) is 0 Å². The van der Waals surface area contributed by atoms with Crippen LogP contribution in [0.1, 0.15) is 12.8 Å². The number of hydrogen-bond donors (Lipinski definition) is 2. The van der Waals surface area contributed by atoms with Crippen LogP contribution in [0, 0.1) is 5.92 Å². The summed E-state index contributed by atoms with van der Waals surface area (Å²) in [5, 5.41) is 14.1. The second-order valence-corrected chi connectivity index (χ2v) is 6.07. The topological polar surface area (TPSA) is 50.7 Å². The zero-order chi connectivity index (χ0) is 15.1. The van der Waals surface area contributed by atoms with E-state index in [0.717, 1.165) is 32.6 Å². The summed E-state index contributed by atoms with van der Waals surface area (Å²) in [7, 11) is 0. The van der Waals surface area contributed by atoms with Gasteiger partial charge in [-0.25, -0.2) is 0 Å². The Labute approximate surface area is 135 Å². The van der Waals surface area contributed by atoms with Crippen LogP contribution < -0.4 is 10.1 Å². The Morgan fingerprint density at radius 1 is 1.29 bits per heavy atom. The normalized spacial score (nSPS) is 17.7. The lowest BCUT2D eigenvalue weighted by Gasteiger charge is -2.23. The van der Waals surface area contributed by atoms with Crippen molar-refractivity contribution in [1.29, 1.82) is 0 Å². The fourth-order valence-electron chi connectivity index (χ4n) is 2.22. The standard InChI is InChI=1S/C15H21Cl2NO3/c16-14-2-1-13(7-15(14)17)21-10-12(19)9-18-8-11-3-5-20-6-4-11/h1-2,7,11-12,18-19H,3-6,8-10H2. The fourth-order valence-corrected chi connectivity index (χ4v) is 2.51. The predicted octanol–water partition coefficient (Wildman–Crippen LogP) is 2.75. The first-order valence-corrected chi connectivity index (χ1v) is 7.95. The van der Waals surface area contributed by atoms with E-state index in [1.807, 2.05) is 0 Å². The highest BCUT2D eigenvalue weighted by atomic mass is 35.5. The number of aliphatic hydroxyl groups is 1. The van der Waals surface area contributed by atoms with E-state index in [9.17, 15) is 5.11 Å². The molecule has 118 valence electrons. The van der Waals surface area contributed by atoms with E-state index < -0.39 is 6.10 Å². The second-order valence-electron chi connectivity index (χ2n) is 5.25. The van der Waals surface area contributed by atoms with Gasteiger partial charge in [0.15, 0.2) is 0 Å². The molecule has 2 N–H and O–H groups in total. The van der Waals surface area contributed by atoms with Gasteiger partial charge in [0.05, 0.1) is 10.0 Å².